The first-order chi connectivity index (χ1) is 14.1. The van der Waals surface area contributed by atoms with Crippen LogP contribution in [0.2, 0.25) is 0 Å². The molecule has 2 N–H and O–H groups in total. The summed E-state index contributed by atoms with van der Waals surface area (Å²) in [4.78, 5) is 12.8. The first-order valence-electron chi connectivity index (χ1n) is 9.46. The Kier molecular flexibility index (Phi) is 5.04. The Bertz CT molecular complexity index is 993. The lowest BCUT2D eigenvalue weighted by molar-refractivity contribution is -0.122. The van der Waals surface area contributed by atoms with Crippen LogP contribution in [-0.2, 0) is 10.2 Å². The van der Waals surface area contributed by atoms with Crippen molar-refractivity contribution in [2.45, 2.75) is 11.8 Å². The average Bonchev–Trinajstić information content (AvgIpc) is 3.53. The van der Waals surface area contributed by atoms with E-state index in [-0.39, 0.29) is 23.0 Å². The molecule has 3 aromatic carbocycles. The van der Waals surface area contributed by atoms with Crippen molar-refractivity contribution in [1.82, 2.24) is 5.43 Å². The van der Waals surface area contributed by atoms with Crippen LogP contribution in [0, 0.1) is 5.92 Å². The Morgan fingerprint density at radius 3 is 2.28 bits per heavy atom. The van der Waals surface area contributed by atoms with E-state index in [2.05, 4.69) is 34.8 Å². The number of methoxy groups -OCH3 is 1. The van der Waals surface area contributed by atoms with Crippen molar-refractivity contribution in [3.05, 3.63) is 95.6 Å². The van der Waals surface area contributed by atoms with E-state index in [0.717, 1.165) is 17.5 Å². The molecule has 29 heavy (non-hydrogen) atoms. The number of ether oxygens (including phenoxy) is 1. The molecule has 146 valence electrons. The molecule has 1 aliphatic rings. The normalized spacial score (nSPS) is 17.1. The van der Waals surface area contributed by atoms with Gasteiger partial charge in [0, 0.05) is 5.41 Å². The van der Waals surface area contributed by atoms with Gasteiger partial charge in [-0.25, -0.2) is 5.43 Å². The maximum atomic E-state index is 12.8. The monoisotopic (exact) mass is 386 g/mol. The van der Waals surface area contributed by atoms with Crippen molar-refractivity contribution in [2.24, 2.45) is 11.0 Å². The molecular formula is C24H22N2O3. The van der Waals surface area contributed by atoms with Gasteiger partial charge in [-0.15, -0.1) is 0 Å². The average molecular weight is 386 g/mol. The zero-order valence-corrected chi connectivity index (χ0v) is 16.1. The summed E-state index contributed by atoms with van der Waals surface area (Å²) in [6.07, 6.45) is 2.28. The Balaban J connectivity index is 1.52. The molecule has 1 fully saturated rings. The Labute approximate surface area is 169 Å². The van der Waals surface area contributed by atoms with Crippen LogP contribution >= 0.6 is 0 Å². The van der Waals surface area contributed by atoms with E-state index in [1.807, 2.05) is 36.4 Å². The van der Waals surface area contributed by atoms with E-state index in [4.69, 9.17) is 4.74 Å². The molecule has 0 heterocycles. The molecule has 1 saturated carbocycles. The first kappa shape index (κ1) is 18.7. The van der Waals surface area contributed by atoms with Crippen LogP contribution in [0.1, 0.15) is 23.1 Å². The highest BCUT2D eigenvalue weighted by Crippen LogP contribution is 2.58. The summed E-state index contributed by atoms with van der Waals surface area (Å²) in [5.74, 6) is 0.121. The minimum absolute atomic E-state index is 0.0576. The van der Waals surface area contributed by atoms with Gasteiger partial charge in [-0.2, -0.15) is 5.10 Å². The van der Waals surface area contributed by atoms with Gasteiger partial charge in [-0.1, -0.05) is 60.7 Å². The van der Waals surface area contributed by atoms with Crippen LogP contribution in [0.5, 0.6) is 11.5 Å². The van der Waals surface area contributed by atoms with Crippen LogP contribution in [0.25, 0.3) is 0 Å². The van der Waals surface area contributed by atoms with Crippen LogP contribution in [0.3, 0.4) is 0 Å². The Hall–Kier alpha value is -3.60. The summed E-state index contributed by atoms with van der Waals surface area (Å²) in [5.41, 5.74) is 5.34. The summed E-state index contributed by atoms with van der Waals surface area (Å²) in [5, 5.41) is 13.8. The minimum atomic E-state index is -0.316. The number of aromatic hydroxyl groups is 1. The molecule has 0 spiro atoms. The van der Waals surface area contributed by atoms with Crippen molar-refractivity contribution in [2.75, 3.05) is 7.11 Å². The molecule has 5 heteroatoms. The Morgan fingerprint density at radius 1 is 1.07 bits per heavy atom. The third kappa shape index (κ3) is 3.59. The van der Waals surface area contributed by atoms with Crippen LogP contribution in [0.15, 0.2) is 84.0 Å². The molecule has 0 bridgehead atoms. The predicted molar refractivity (Wildman–Crippen MR) is 112 cm³/mol. The highest BCUT2D eigenvalue weighted by molar-refractivity contribution is 5.88. The highest BCUT2D eigenvalue weighted by Gasteiger charge is 2.60. The molecule has 0 saturated heterocycles. The second-order valence-electron chi connectivity index (χ2n) is 7.13. The van der Waals surface area contributed by atoms with E-state index in [9.17, 15) is 9.90 Å². The molecule has 1 amide bonds. The van der Waals surface area contributed by atoms with Gasteiger partial charge in [0.25, 0.3) is 0 Å². The predicted octanol–water partition coefficient (Wildman–Crippen LogP) is 3.86. The lowest BCUT2D eigenvalue weighted by Gasteiger charge is -2.18. The molecule has 1 unspecified atom stereocenters. The van der Waals surface area contributed by atoms with Crippen LogP contribution in [-0.4, -0.2) is 24.3 Å². The van der Waals surface area contributed by atoms with Crippen LogP contribution in [0.4, 0.5) is 0 Å². The highest BCUT2D eigenvalue weighted by atomic mass is 16.5. The number of hydrogen-bond acceptors (Lipinski definition) is 4. The van der Waals surface area contributed by atoms with E-state index in [1.54, 1.807) is 12.1 Å². The summed E-state index contributed by atoms with van der Waals surface area (Å²) in [7, 11) is 1.48. The summed E-state index contributed by atoms with van der Waals surface area (Å²) in [6, 6.07) is 25.2. The molecular weight excluding hydrogens is 364 g/mol. The lowest BCUT2D eigenvalue weighted by atomic mass is 9.85. The van der Waals surface area contributed by atoms with Gasteiger partial charge in [0.05, 0.1) is 19.2 Å². The smallest absolute Gasteiger partial charge is 0.244 e. The maximum absolute atomic E-state index is 12.8. The zero-order chi connectivity index (χ0) is 20.3. The van der Waals surface area contributed by atoms with Gasteiger partial charge in [0.1, 0.15) is 0 Å². The molecule has 3 aromatic rings. The largest absolute Gasteiger partial charge is 0.504 e. The number of amides is 1. The minimum Gasteiger partial charge on any atom is -0.504 e. The first-order valence-corrected chi connectivity index (χ1v) is 9.46. The van der Waals surface area contributed by atoms with Gasteiger partial charge in [0.15, 0.2) is 11.5 Å². The molecule has 0 radical (unpaired) electrons. The number of benzene rings is 3. The third-order valence-electron chi connectivity index (χ3n) is 5.45. The number of phenolic OH excluding ortho intramolecular Hbond substituents is 1. The molecule has 4 rings (SSSR count). The zero-order valence-electron chi connectivity index (χ0n) is 16.1. The SMILES string of the molecule is COc1cc(/C=N/NC(=O)C2CC2(c2ccccc2)c2ccccc2)ccc1O. The summed E-state index contributed by atoms with van der Waals surface area (Å²) < 4.78 is 5.09. The van der Waals surface area contributed by atoms with Crippen molar-refractivity contribution in [3.8, 4) is 11.5 Å². The molecule has 1 atom stereocenters. The topological polar surface area (TPSA) is 70.9 Å². The van der Waals surface area contributed by atoms with Gasteiger partial charge >= 0.3 is 0 Å². The fourth-order valence-corrected chi connectivity index (χ4v) is 3.88. The van der Waals surface area contributed by atoms with E-state index in [0.29, 0.717) is 11.3 Å². The van der Waals surface area contributed by atoms with Crippen molar-refractivity contribution >= 4 is 12.1 Å². The number of hydrogen-bond donors (Lipinski definition) is 2. The number of carbonyl (C=O) groups excluding carboxylic acids is 1. The molecule has 1 aliphatic carbocycles. The van der Waals surface area contributed by atoms with Gasteiger partial charge in [-0.3, -0.25) is 4.79 Å². The standard InChI is InChI=1S/C24H22N2O3/c1-29-22-14-17(12-13-21(22)27)16-25-26-23(28)20-15-24(20,18-8-4-2-5-9-18)19-10-6-3-7-11-19/h2-14,16,20,27H,15H2,1H3,(H,26,28)/b25-16+. The molecule has 0 aromatic heterocycles. The van der Waals surface area contributed by atoms with Gasteiger partial charge in [0.2, 0.25) is 5.91 Å². The van der Waals surface area contributed by atoms with Crippen molar-refractivity contribution in [3.63, 3.8) is 0 Å². The van der Waals surface area contributed by atoms with E-state index in [1.165, 1.54) is 19.4 Å². The fraction of sp³-hybridized carbons (Fsp3) is 0.167. The lowest BCUT2D eigenvalue weighted by Crippen LogP contribution is -2.25. The second-order valence-corrected chi connectivity index (χ2v) is 7.13. The number of rotatable bonds is 6. The summed E-state index contributed by atoms with van der Waals surface area (Å²) in [6.45, 7) is 0. The number of nitrogens with zero attached hydrogens (tertiary/aromatic N) is 1. The molecule has 5 nitrogen and oxygen atoms in total. The maximum Gasteiger partial charge on any atom is 0.244 e. The van der Waals surface area contributed by atoms with Crippen molar-refractivity contribution in [1.29, 1.82) is 0 Å². The molecule has 0 aliphatic heterocycles. The van der Waals surface area contributed by atoms with Gasteiger partial charge < -0.3 is 9.84 Å². The van der Waals surface area contributed by atoms with Crippen LogP contribution < -0.4 is 10.2 Å². The number of nitrogens with one attached hydrogen (secondary N) is 1. The number of carbonyl (C=O) groups is 1. The number of hydrazone groups is 1. The quantitative estimate of drug-likeness (QED) is 0.499. The van der Waals surface area contributed by atoms with E-state index < -0.39 is 0 Å². The summed E-state index contributed by atoms with van der Waals surface area (Å²) >= 11 is 0. The van der Waals surface area contributed by atoms with E-state index >= 15 is 0 Å². The fourth-order valence-electron chi connectivity index (χ4n) is 3.88. The third-order valence-corrected chi connectivity index (χ3v) is 5.45. The second kappa shape index (κ2) is 7.80. The number of phenols is 1. The van der Waals surface area contributed by atoms with Crippen molar-refractivity contribution < 1.29 is 14.6 Å². The van der Waals surface area contributed by atoms with Gasteiger partial charge in [-0.05, 0) is 41.3 Å². The Morgan fingerprint density at radius 2 is 1.69 bits per heavy atom.